The fraction of sp³-hybridized carbons (Fsp3) is 0.125. The minimum absolute atomic E-state index is 0.00939. The second-order valence-corrected chi connectivity index (χ2v) is 6.97. The third kappa shape index (κ3) is 3.37. The van der Waals surface area contributed by atoms with Crippen molar-refractivity contribution in [1.82, 2.24) is 9.97 Å². The summed E-state index contributed by atoms with van der Waals surface area (Å²) in [6.45, 7) is -0.00939. The third-order valence-electron chi connectivity index (χ3n) is 3.75. The van der Waals surface area contributed by atoms with E-state index in [4.69, 9.17) is 15.6 Å². The molecule has 3 aromatic rings. The molecule has 0 saturated heterocycles. The van der Waals surface area contributed by atoms with E-state index in [9.17, 15) is 12.8 Å². The van der Waals surface area contributed by atoms with E-state index in [0.29, 0.717) is 28.3 Å². The fourth-order valence-electron chi connectivity index (χ4n) is 2.48. The molecule has 0 saturated carbocycles. The highest BCUT2D eigenvalue weighted by Gasteiger charge is 2.17. The lowest BCUT2D eigenvalue weighted by atomic mass is 10.2. The minimum Gasteiger partial charge on any atom is -0.481 e. The van der Waals surface area contributed by atoms with Crippen LogP contribution in [-0.4, -0.2) is 25.5 Å². The number of sulfonamides is 1. The van der Waals surface area contributed by atoms with Crippen molar-refractivity contribution < 1.29 is 17.5 Å². The Hall–Kier alpha value is -2.98. The first-order valence-electron chi connectivity index (χ1n) is 7.44. The maximum Gasteiger partial charge on any atom is 0.240 e. The summed E-state index contributed by atoms with van der Waals surface area (Å²) in [7, 11) is -2.66. The Labute approximate surface area is 149 Å². The van der Waals surface area contributed by atoms with Gasteiger partial charge in [-0.15, -0.1) is 0 Å². The van der Waals surface area contributed by atoms with Crippen LogP contribution in [0.2, 0.25) is 0 Å². The van der Waals surface area contributed by atoms with E-state index in [1.807, 2.05) is 0 Å². The van der Waals surface area contributed by atoms with E-state index in [-0.39, 0.29) is 12.1 Å². The molecular weight excluding hydrogens is 361 g/mol. The number of hydrogen-bond donors (Lipinski definition) is 3. The Morgan fingerprint density at radius 1 is 1.27 bits per heavy atom. The molecule has 26 heavy (non-hydrogen) atoms. The van der Waals surface area contributed by atoms with Gasteiger partial charge in [-0.2, -0.15) is 4.98 Å². The molecule has 0 spiro atoms. The topological polar surface area (TPSA) is 133 Å². The molecule has 3 rings (SSSR count). The summed E-state index contributed by atoms with van der Waals surface area (Å²) in [5.74, 6) is -0.508. The number of primary sulfonamides is 1. The Balaban J connectivity index is 1.97. The Morgan fingerprint density at radius 3 is 2.73 bits per heavy atom. The van der Waals surface area contributed by atoms with Crippen molar-refractivity contribution in [2.75, 3.05) is 18.2 Å². The molecule has 10 heteroatoms. The van der Waals surface area contributed by atoms with Crippen LogP contribution < -0.4 is 20.9 Å². The summed E-state index contributed by atoms with van der Waals surface area (Å²) in [6, 6.07) is 7.36. The van der Waals surface area contributed by atoms with E-state index in [2.05, 4.69) is 15.3 Å². The van der Waals surface area contributed by atoms with Crippen molar-refractivity contribution in [3.8, 4) is 5.88 Å². The molecule has 0 bridgehead atoms. The van der Waals surface area contributed by atoms with Gasteiger partial charge in [0.15, 0.2) is 5.65 Å². The molecule has 0 fully saturated rings. The maximum atomic E-state index is 14.4. The number of anilines is 2. The number of halogens is 1. The molecule has 0 atom stereocenters. The van der Waals surface area contributed by atoms with Gasteiger partial charge in [0, 0.05) is 23.6 Å². The van der Waals surface area contributed by atoms with Crippen molar-refractivity contribution in [3.63, 3.8) is 0 Å². The summed E-state index contributed by atoms with van der Waals surface area (Å²) < 4.78 is 42.4. The van der Waals surface area contributed by atoms with Crippen molar-refractivity contribution in [3.05, 3.63) is 47.9 Å². The summed E-state index contributed by atoms with van der Waals surface area (Å²) in [5, 5.41) is 8.65. The zero-order valence-corrected chi connectivity index (χ0v) is 14.5. The van der Waals surface area contributed by atoms with Gasteiger partial charge in [0.25, 0.3) is 0 Å². The highest BCUT2D eigenvalue weighted by Crippen LogP contribution is 2.29. The van der Waals surface area contributed by atoms with E-state index in [0.717, 1.165) is 6.07 Å². The number of methoxy groups -OCH3 is 1. The molecular formula is C16H16FN5O3S. The second kappa shape index (κ2) is 6.73. The molecule has 1 aromatic carbocycles. The SMILES string of the molecule is COc1ccc2c(NCc3cccc(S(N)(=O)=O)c3F)c(N)cnc2n1. The van der Waals surface area contributed by atoms with Crippen LogP contribution in [0.15, 0.2) is 41.4 Å². The van der Waals surface area contributed by atoms with Crippen LogP contribution in [0.1, 0.15) is 5.56 Å². The van der Waals surface area contributed by atoms with E-state index in [1.165, 1.54) is 25.4 Å². The third-order valence-corrected chi connectivity index (χ3v) is 4.68. The van der Waals surface area contributed by atoms with Crippen LogP contribution in [0.5, 0.6) is 5.88 Å². The Kier molecular flexibility index (Phi) is 4.62. The summed E-state index contributed by atoms with van der Waals surface area (Å²) in [5.41, 5.74) is 7.34. The molecule has 0 unspecified atom stereocenters. The lowest BCUT2D eigenvalue weighted by Crippen LogP contribution is -2.15. The summed E-state index contributed by atoms with van der Waals surface area (Å²) >= 11 is 0. The van der Waals surface area contributed by atoms with Crippen molar-refractivity contribution in [2.45, 2.75) is 11.4 Å². The number of hydrogen-bond acceptors (Lipinski definition) is 7. The number of benzene rings is 1. The standard InChI is InChI=1S/C16H16FN5O3S/c1-25-13-6-5-10-15(11(18)8-21-16(10)22-13)20-7-9-3-2-4-12(14(9)17)26(19,23)24/h2-6,8H,7,18H2,1H3,(H2,19,23,24)(H,20,21,22). The first kappa shape index (κ1) is 17.8. The molecule has 8 nitrogen and oxygen atoms in total. The number of pyridine rings is 2. The highest BCUT2D eigenvalue weighted by molar-refractivity contribution is 7.89. The predicted octanol–water partition coefficient (Wildman–Crippen LogP) is 1.62. The number of aromatic nitrogens is 2. The number of nitrogen functional groups attached to an aromatic ring is 1. The smallest absolute Gasteiger partial charge is 0.240 e. The highest BCUT2D eigenvalue weighted by atomic mass is 32.2. The number of nitrogens with one attached hydrogen (secondary N) is 1. The maximum absolute atomic E-state index is 14.4. The molecule has 0 aliphatic rings. The quantitative estimate of drug-likeness (QED) is 0.615. The molecule has 2 aromatic heterocycles. The monoisotopic (exact) mass is 377 g/mol. The zero-order valence-electron chi connectivity index (χ0n) is 13.7. The van der Waals surface area contributed by atoms with Crippen molar-refractivity contribution in [1.29, 1.82) is 0 Å². The summed E-state index contributed by atoms with van der Waals surface area (Å²) in [6.07, 6.45) is 1.42. The van der Waals surface area contributed by atoms with Crippen LogP contribution in [0.3, 0.4) is 0 Å². The van der Waals surface area contributed by atoms with Crippen LogP contribution >= 0.6 is 0 Å². The fourth-order valence-corrected chi connectivity index (χ4v) is 3.13. The largest absolute Gasteiger partial charge is 0.481 e. The molecule has 5 N–H and O–H groups in total. The van der Waals surface area contributed by atoms with Crippen LogP contribution in [0.4, 0.5) is 15.8 Å². The molecule has 0 radical (unpaired) electrons. The lowest BCUT2D eigenvalue weighted by molar-refractivity contribution is 0.399. The van der Waals surface area contributed by atoms with E-state index >= 15 is 0 Å². The summed E-state index contributed by atoms with van der Waals surface area (Å²) in [4.78, 5) is 7.80. The number of nitrogens with zero attached hydrogens (tertiary/aromatic N) is 2. The first-order chi connectivity index (χ1) is 12.3. The van der Waals surface area contributed by atoms with Crippen LogP contribution in [-0.2, 0) is 16.6 Å². The average molecular weight is 377 g/mol. The normalized spacial score (nSPS) is 11.5. The predicted molar refractivity (Wildman–Crippen MR) is 95.6 cm³/mol. The lowest BCUT2D eigenvalue weighted by Gasteiger charge is -2.13. The number of ether oxygens (including phenoxy) is 1. The van der Waals surface area contributed by atoms with Gasteiger partial charge in [-0.3, -0.25) is 0 Å². The molecule has 0 aliphatic carbocycles. The van der Waals surface area contributed by atoms with Crippen LogP contribution in [0.25, 0.3) is 11.0 Å². The number of nitrogens with two attached hydrogens (primary N) is 2. The minimum atomic E-state index is -4.15. The molecule has 136 valence electrons. The van der Waals surface area contributed by atoms with E-state index < -0.39 is 20.7 Å². The van der Waals surface area contributed by atoms with Crippen molar-refractivity contribution in [2.24, 2.45) is 5.14 Å². The van der Waals surface area contributed by atoms with Gasteiger partial charge in [-0.25, -0.2) is 22.9 Å². The van der Waals surface area contributed by atoms with Gasteiger partial charge in [-0.05, 0) is 12.1 Å². The van der Waals surface area contributed by atoms with Gasteiger partial charge in [0.1, 0.15) is 10.7 Å². The van der Waals surface area contributed by atoms with Gasteiger partial charge in [-0.1, -0.05) is 12.1 Å². The first-order valence-corrected chi connectivity index (χ1v) is 8.99. The molecule has 0 amide bonds. The van der Waals surface area contributed by atoms with Crippen LogP contribution in [0, 0.1) is 5.82 Å². The number of fused-ring (bicyclic) bond motifs is 1. The average Bonchev–Trinajstić information content (AvgIpc) is 2.60. The Morgan fingerprint density at radius 2 is 2.04 bits per heavy atom. The van der Waals surface area contributed by atoms with Gasteiger partial charge >= 0.3 is 0 Å². The van der Waals surface area contributed by atoms with Crippen molar-refractivity contribution >= 4 is 32.4 Å². The number of rotatable bonds is 5. The molecule has 2 heterocycles. The second-order valence-electron chi connectivity index (χ2n) is 5.44. The Bertz CT molecular complexity index is 1090. The zero-order chi connectivity index (χ0) is 18.9. The van der Waals surface area contributed by atoms with Gasteiger partial charge < -0.3 is 15.8 Å². The van der Waals surface area contributed by atoms with E-state index in [1.54, 1.807) is 12.1 Å². The molecule has 0 aliphatic heterocycles. The van der Waals surface area contributed by atoms with Gasteiger partial charge in [0.2, 0.25) is 15.9 Å². The van der Waals surface area contributed by atoms with Gasteiger partial charge in [0.05, 0.1) is 24.7 Å².